The van der Waals surface area contributed by atoms with Crippen LogP contribution in [0.3, 0.4) is 0 Å². The third kappa shape index (κ3) is 4.63. The number of carbonyl (C=O) groups is 1. The van der Waals surface area contributed by atoms with Crippen LogP contribution in [-0.4, -0.2) is 29.0 Å². The Balaban J connectivity index is 1.49. The van der Waals surface area contributed by atoms with Gasteiger partial charge < -0.3 is 15.6 Å². The van der Waals surface area contributed by atoms with Crippen LogP contribution < -0.4 is 10.6 Å². The molecule has 2 aromatic heterocycles. The summed E-state index contributed by atoms with van der Waals surface area (Å²) < 4.78 is 0. The number of H-pyrrole nitrogens is 1. The van der Waals surface area contributed by atoms with Crippen molar-refractivity contribution in [1.82, 2.24) is 15.3 Å². The Hall–Kier alpha value is -2.82. The number of nitrogens with one attached hydrogen (secondary N) is 3. The average Bonchev–Trinajstić information content (AvgIpc) is 3.05. The number of anilines is 1. The molecule has 0 saturated heterocycles. The van der Waals surface area contributed by atoms with E-state index in [4.69, 9.17) is 0 Å². The zero-order valence-electron chi connectivity index (χ0n) is 15.4. The van der Waals surface area contributed by atoms with E-state index in [2.05, 4.69) is 58.8 Å². The average molecular weight is 350 g/mol. The highest BCUT2D eigenvalue weighted by molar-refractivity contribution is 5.94. The maximum atomic E-state index is 12.1. The molecule has 0 saturated carbocycles. The normalized spacial score (nSPS) is 11.0. The molecule has 0 aliphatic heterocycles. The smallest absolute Gasteiger partial charge is 0.252 e. The van der Waals surface area contributed by atoms with Crippen LogP contribution in [0.4, 0.5) is 5.82 Å². The molecule has 0 aliphatic carbocycles. The Labute approximate surface area is 154 Å². The molecular weight excluding hydrogens is 324 g/mol. The molecule has 26 heavy (non-hydrogen) atoms. The molecule has 136 valence electrons. The van der Waals surface area contributed by atoms with E-state index in [0.29, 0.717) is 18.0 Å². The van der Waals surface area contributed by atoms with Gasteiger partial charge in [0, 0.05) is 36.4 Å². The Kier molecular flexibility index (Phi) is 5.89. The van der Waals surface area contributed by atoms with Crippen LogP contribution in [-0.2, 0) is 6.42 Å². The minimum absolute atomic E-state index is 0.0662. The monoisotopic (exact) mass is 350 g/mol. The van der Waals surface area contributed by atoms with Gasteiger partial charge >= 0.3 is 0 Å². The number of fused-ring (bicyclic) bond motifs is 1. The number of benzene rings is 1. The van der Waals surface area contributed by atoms with E-state index in [1.807, 2.05) is 18.2 Å². The zero-order chi connectivity index (χ0) is 18.4. The van der Waals surface area contributed by atoms with Crippen molar-refractivity contribution in [3.05, 3.63) is 59.9 Å². The number of aromatic nitrogens is 2. The molecule has 0 aliphatic rings. The van der Waals surface area contributed by atoms with Gasteiger partial charge in [0.2, 0.25) is 0 Å². The van der Waals surface area contributed by atoms with E-state index >= 15 is 0 Å². The van der Waals surface area contributed by atoms with Crippen molar-refractivity contribution in [3.8, 4) is 0 Å². The summed E-state index contributed by atoms with van der Waals surface area (Å²) in [7, 11) is 0. The lowest BCUT2D eigenvalue weighted by Crippen LogP contribution is -2.25. The van der Waals surface area contributed by atoms with Gasteiger partial charge in [-0.1, -0.05) is 32.0 Å². The molecule has 1 amide bonds. The molecule has 3 rings (SSSR count). The first-order valence-electron chi connectivity index (χ1n) is 9.16. The second-order valence-corrected chi connectivity index (χ2v) is 6.91. The molecule has 0 bridgehead atoms. The summed E-state index contributed by atoms with van der Waals surface area (Å²) in [6.45, 7) is 5.77. The number of para-hydroxylation sites is 1. The van der Waals surface area contributed by atoms with Crippen molar-refractivity contribution in [2.24, 2.45) is 5.92 Å². The second-order valence-electron chi connectivity index (χ2n) is 6.91. The maximum Gasteiger partial charge on any atom is 0.252 e. The highest BCUT2D eigenvalue weighted by Gasteiger charge is 2.06. The molecule has 2 heterocycles. The standard InChI is InChI=1S/C21H26N4O/c1-15(2)9-11-23-21(26)17-7-8-20(25-14-17)22-12-10-16-13-24-19-6-4-3-5-18(16)19/h3-8,13-15,24H,9-12H2,1-2H3,(H,22,25)(H,23,26). The molecule has 5 heteroatoms. The first kappa shape index (κ1) is 18.0. The molecule has 3 aromatic rings. The van der Waals surface area contributed by atoms with E-state index < -0.39 is 0 Å². The van der Waals surface area contributed by atoms with Gasteiger partial charge in [0.1, 0.15) is 5.82 Å². The van der Waals surface area contributed by atoms with Crippen LogP contribution in [0.15, 0.2) is 48.8 Å². The first-order chi connectivity index (χ1) is 12.6. The fourth-order valence-corrected chi connectivity index (χ4v) is 2.87. The summed E-state index contributed by atoms with van der Waals surface area (Å²) in [6.07, 6.45) is 5.57. The number of rotatable bonds is 8. The van der Waals surface area contributed by atoms with E-state index in [9.17, 15) is 4.79 Å². The zero-order valence-corrected chi connectivity index (χ0v) is 15.4. The maximum absolute atomic E-state index is 12.1. The van der Waals surface area contributed by atoms with Crippen LogP contribution in [0, 0.1) is 5.92 Å². The van der Waals surface area contributed by atoms with Gasteiger partial charge in [-0.2, -0.15) is 0 Å². The summed E-state index contributed by atoms with van der Waals surface area (Å²) in [5, 5.41) is 7.50. The van der Waals surface area contributed by atoms with Gasteiger partial charge in [0.15, 0.2) is 0 Å². The molecule has 0 atom stereocenters. The lowest BCUT2D eigenvalue weighted by molar-refractivity contribution is 0.0951. The molecule has 0 unspecified atom stereocenters. The lowest BCUT2D eigenvalue weighted by Gasteiger charge is -2.08. The van der Waals surface area contributed by atoms with Gasteiger partial charge in [-0.15, -0.1) is 0 Å². The minimum atomic E-state index is -0.0662. The largest absolute Gasteiger partial charge is 0.370 e. The topological polar surface area (TPSA) is 69.8 Å². The van der Waals surface area contributed by atoms with E-state index in [0.717, 1.165) is 30.7 Å². The number of pyridine rings is 1. The van der Waals surface area contributed by atoms with Crippen molar-refractivity contribution in [1.29, 1.82) is 0 Å². The second kappa shape index (κ2) is 8.52. The molecule has 0 spiro atoms. The number of nitrogens with zero attached hydrogens (tertiary/aromatic N) is 1. The predicted octanol–water partition coefficient (Wildman–Crippen LogP) is 3.99. The van der Waals surface area contributed by atoms with Crippen molar-refractivity contribution in [2.75, 3.05) is 18.4 Å². The summed E-state index contributed by atoms with van der Waals surface area (Å²) in [4.78, 5) is 19.7. The van der Waals surface area contributed by atoms with Gasteiger partial charge in [-0.3, -0.25) is 4.79 Å². The summed E-state index contributed by atoms with van der Waals surface area (Å²) in [5.41, 5.74) is 3.04. The Bertz CT molecular complexity index is 852. The van der Waals surface area contributed by atoms with Gasteiger partial charge in [-0.25, -0.2) is 4.98 Å². The third-order valence-electron chi connectivity index (χ3n) is 4.41. The first-order valence-corrected chi connectivity index (χ1v) is 9.16. The van der Waals surface area contributed by atoms with Gasteiger partial charge in [0.05, 0.1) is 5.56 Å². The number of carbonyl (C=O) groups excluding carboxylic acids is 1. The quantitative estimate of drug-likeness (QED) is 0.575. The van der Waals surface area contributed by atoms with Gasteiger partial charge in [0.25, 0.3) is 5.91 Å². The molecular formula is C21H26N4O. The Morgan fingerprint density at radius 2 is 2.00 bits per heavy atom. The Morgan fingerprint density at radius 3 is 2.77 bits per heavy atom. The van der Waals surface area contributed by atoms with Crippen molar-refractivity contribution >= 4 is 22.6 Å². The fourth-order valence-electron chi connectivity index (χ4n) is 2.87. The van der Waals surface area contributed by atoms with E-state index in [1.54, 1.807) is 6.20 Å². The third-order valence-corrected chi connectivity index (χ3v) is 4.41. The fraction of sp³-hybridized carbons (Fsp3) is 0.333. The van der Waals surface area contributed by atoms with Crippen LogP contribution in [0.2, 0.25) is 0 Å². The van der Waals surface area contributed by atoms with Crippen LogP contribution in [0.25, 0.3) is 10.9 Å². The van der Waals surface area contributed by atoms with Crippen molar-refractivity contribution in [3.63, 3.8) is 0 Å². The molecule has 1 aromatic carbocycles. The molecule has 5 nitrogen and oxygen atoms in total. The number of amides is 1. The molecule has 0 fully saturated rings. The van der Waals surface area contributed by atoms with Gasteiger partial charge in [-0.05, 0) is 42.5 Å². The summed E-state index contributed by atoms with van der Waals surface area (Å²) in [6, 6.07) is 12.0. The van der Waals surface area contributed by atoms with Crippen molar-refractivity contribution in [2.45, 2.75) is 26.7 Å². The molecule has 3 N–H and O–H groups in total. The lowest BCUT2D eigenvalue weighted by atomic mass is 10.1. The number of aromatic amines is 1. The van der Waals surface area contributed by atoms with Crippen LogP contribution in [0.1, 0.15) is 36.2 Å². The van der Waals surface area contributed by atoms with E-state index in [-0.39, 0.29) is 5.91 Å². The van der Waals surface area contributed by atoms with Crippen LogP contribution >= 0.6 is 0 Å². The highest BCUT2D eigenvalue weighted by atomic mass is 16.1. The summed E-state index contributed by atoms with van der Waals surface area (Å²) >= 11 is 0. The SMILES string of the molecule is CC(C)CCNC(=O)c1ccc(NCCc2c[nH]c3ccccc23)nc1. The van der Waals surface area contributed by atoms with Crippen molar-refractivity contribution < 1.29 is 4.79 Å². The van der Waals surface area contributed by atoms with E-state index in [1.165, 1.54) is 10.9 Å². The Morgan fingerprint density at radius 1 is 1.15 bits per heavy atom. The van der Waals surface area contributed by atoms with Crippen LogP contribution in [0.5, 0.6) is 0 Å². The predicted molar refractivity (Wildman–Crippen MR) is 107 cm³/mol. The minimum Gasteiger partial charge on any atom is -0.370 e. The molecule has 0 radical (unpaired) electrons. The summed E-state index contributed by atoms with van der Waals surface area (Å²) in [5.74, 6) is 1.30. The number of hydrogen-bond acceptors (Lipinski definition) is 3. The highest BCUT2D eigenvalue weighted by Crippen LogP contribution is 2.18. The number of hydrogen-bond donors (Lipinski definition) is 3.